The van der Waals surface area contributed by atoms with E-state index < -0.39 is 18.0 Å². The predicted octanol–water partition coefficient (Wildman–Crippen LogP) is 1.70. The van der Waals surface area contributed by atoms with Crippen LogP contribution in [0.3, 0.4) is 0 Å². The maximum atomic E-state index is 11.7. The molecule has 20 heavy (non-hydrogen) atoms. The molecule has 1 aliphatic rings. The first-order chi connectivity index (χ1) is 9.58. The van der Waals surface area contributed by atoms with Crippen LogP contribution in [0.2, 0.25) is 0 Å². The van der Waals surface area contributed by atoms with E-state index in [2.05, 4.69) is 10.6 Å². The Morgan fingerprint density at radius 3 is 2.65 bits per heavy atom. The minimum atomic E-state index is -0.957. The molecular formula is C15H20N2O3. The van der Waals surface area contributed by atoms with Gasteiger partial charge in [0.15, 0.2) is 0 Å². The van der Waals surface area contributed by atoms with Crippen LogP contribution in [-0.2, 0) is 11.2 Å². The van der Waals surface area contributed by atoms with Crippen molar-refractivity contribution >= 4 is 12.0 Å². The first-order valence-electron chi connectivity index (χ1n) is 6.89. The van der Waals surface area contributed by atoms with Crippen LogP contribution in [0.4, 0.5) is 4.79 Å². The molecular weight excluding hydrogens is 256 g/mol. The number of carbonyl (C=O) groups excluding carboxylic acids is 1. The first-order valence-corrected chi connectivity index (χ1v) is 6.89. The number of hydrogen-bond acceptors (Lipinski definition) is 2. The van der Waals surface area contributed by atoms with Crippen molar-refractivity contribution in [3.8, 4) is 0 Å². The summed E-state index contributed by atoms with van der Waals surface area (Å²) >= 11 is 0. The van der Waals surface area contributed by atoms with Gasteiger partial charge in [0.2, 0.25) is 0 Å². The Morgan fingerprint density at radius 2 is 2.05 bits per heavy atom. The summed E-state index contributed by atoms with van der Waals surface area (Å²) in [5.74, 6) is -0.865. The highest BCUT2D eigenvalue weighted by atomic mass is 16.4. The Labute approximate surface area is 118 Å². The molecule has 0 heterocycles. The molecule has 1 atom stereocenters. The number of rotatable bonds is 6. The van der Waals surface area contributed by atoms with Crippen molar-refractivity contribution in [1.29, 1.82) is 0 Å². The van der Waals surface area contributed by atoms with Gasteiger partial charge in [0.25, 0.3) is 0 Å². The van der Waals surface area contributed by atoms with E-state index in [1.807, 2.05) is 31.2 Å². The molecule has 1 aliphatic carbocycles. The van der Waals surface area contributed by atoms with Crippen molar-refractivity contribution in [3.63, 3.8) is 0 Å². The molecule has 0 radical (unpaired) electrons. The van der Waals surface area contributed by atoms with Crippen molar-refractivity contribution in [2.75, 3.05) is 6.54 Å². The molecule has 1 aromatic rings. The minimum Gasteiger partial charge on any atom is -0.480 e. The largest absolute Gasteiger partial charge is 0.480 e. The number of hydrogen-bond donors (Lipinski definition) is 3. The maximum absolute atomic E-state index is 11.7. The van der Waals surface area contributed by atoms with Gasteiger partial charge in [-0.05, 0) is 43.2 Å². The Balaban J connectivity index is 1.75. The normalized spacial score (nSPS) is 15.4. The zero-order chi connectivity index (χ0) is 14.5. The van der Waals surface area contributed by atoms with Crippen LogP contribution in [0.1, 0.15) is 24.0 Å². The van der Waals surface area contributed by atoms with Crippen molar-refractivity contribution in [1.82, 2.24) is 10.6 Å². The fourth-order valence-corrected chi connectivity index (χ4v) is 2.20. The van der Waals surface area contributed by atoms with Crippen LogP contribution in [0, 0.1) is 12.8 Å². The summed E-state index contributed by atoms with van der Waals surface area (Å²) in [6, 6.07) is 6.84. The predicted molar refractivity (Wildman–Crippen MR) is 75.6 cm³/mol. The number of aryl methyl sites for hydroxylation is 1. The van der Waals surface area contributed by atoms with Gasteiger partial charge in [-0.3, -0.25) is 0 Å². The third kappa shape index (κ3) is 3.98. The number of urea groups is 1. The van der Waals surface area contributed by atoms with Crippen molar-refractivity contribution < 1.29 is 14.7 Å². The number of amides is 2. The summed E-state index contributed by atoms with van der Waals surface area (Å²) in [5.41, 5.74) is 2.38. The molecule has 5 heteroatoms. The highest BCUT2D eigenvalue weighted by Crippen LogP contribution is 2.32. The number of benzene rings is 1. The molecule has 0 aromatic heterocycles. The number of aliphatic carboxylic acids is 1. The summed E-state index contributed by atoms with van der Waals surface area (Å²) in [5, 5.41) is 14.3. The van der Waals surface area contributed by atoms with E-state index in [4.69, 9.17) is 5.11 Å². The van der Waals surface area contributed by atoms with Crippen LogP contribution in [0.15, 0.2) is 24.3 Å². The molecule has 5 nitrogen and oxygen atoms in total. The maximum Gasteiger partial charge on any atom is 0.326 e. The van der Waals surface area contributed by atoms with E-state index in [0.29, 0.717) is 6.54 Å². The summed E-state index contributed by atoms with van der Waals surface area (Å²) in [6.45, 7) is 2.52. The van der Waals surface area contributed by atoms with Crippen molar-refractivity contribution in [3.05, 3.63) is 35.4 Å². The van der Waals surface area contributed by atoms with E-state index in [-0.39, 0.29) is 5.92 Å². The van der Waals surface area contributed by atoms with Gasteiger partial charge in [-0.2, -0.15) is 0 Å². The molecule has 0 aliphatic heterocycles. The molecule has 2 rings (SSSR count). The van der Waals surface area contributed by atoms with E-state index in [9.17, 15) is 9.59 Å². The van der Waals surface area contributed by atoms with Gasteiger partial charge in [0.05, 0.1) is 0 Å². The van der Waals surface area contributed by atoms with Crippen molar-refractivity contribution in [2.45, 2.75) is 32.2 Å². The van der Waals surface area contributed by atoms with Gasteiger partial charge in [0, 0.05) is 6.54 Å². The zero-order valence-electron chi connectivity index (χ0n) is 11.6. The van der Waals surface area contributed by atoms with Gasteiger partial charge in [-0.25, -0.2) is 9.59 Å². The molecule has 0 saturated heterocycles. The molecule has 1 aromatic carbocycles. The average Bonchev–Trinajstić information content (AvgIpc) is 3.22. The van der Waals surface area contributed by atoms with Crippen LogP contribution in [0.5, 0.6) is 0 Å². The van der Waals surface area contributed by atoms with Crippen LogP contribution in [-0.4, -0.2) is 29.7 Å². The van der Waals surface area contributed by atoms with Gasteiger partial charge in [-0.15, -0.1) is 0 Å². The molecule has 2 amide bonds. The summed E-state index contributed by atoms with van der Waals surface area (Å²) in [7, 11) is 0. The van der Waals surface area contributed by atoms with Crippen molar-refractivity contribution in [2.24, 2.45) is 5.92 Å². The van der Waals surface area contributed by atoms with E-state index in [1.165, 1.54) is 11.1 Å². The molecule has 108 valence electrons. The summed E-state index contributed by atoms with van der Waals surface area (Å²) < 4.78 is 0. The van der Waals surface area contributed by atoms with E-state index >= 15 is 0 Å². The van der Waals surface area contributed by atoms with Crippen LogP contribution in [0.25, 0.3) is 0 Å². The SMILES string of the molecule is Cc1ccccc1CCNC(=O)NC(C(=O)O)C1CC1. The standard InChI is InChI=1S/C15H20N2O3/c1-10-4-2-3-5-11(10)8-9-16-15(20)17-13(14(18)19)12-6-7-12/h2-5,12-13H,6-9H2,1H3,(H,18,19)(H2,16,17,20). The third-order valence-electron chi connectivity index (χ3n) is 3.59. The lowest BCUT2D eigenvalue weighted by molar-refractivity contribution is -0.139. The second-order valence-corrected chi connectivity index (χ2v) is 5.23. The van der Waals surface area contributed by atoms with Gasteiger partial charge in [0.1, 0.15) is 6.04 Å². The Hall–Kier alpha value is -2.04. The third-order valence-corrected chi connectivity index (χ3v) is 3.59. The second kappa shape index (κ2) is 6.41. The molecule has 3 N–H and O–H groups in total. The molecule has 1 fully saturated rings. The first kappa shape index (κ1) is 14.4. The van der Waals surface area contributed by atoms with Crippen LogP contribution >= 0.6 is 0 Å². The zero-order valence-corrected chi connectivity index (χ0v) is 11.6. The minimum absolute atomic E-state index is 0.0922. The number of carboxylic acid groups (broad SMARTS) is 1. The molecule has 1 saturated carbocycles. The van der Waals surface area contributed by atoms with Gasteiger partial charge >= 0.3 is 12.0 Å². The highest BCUT2D eigenvalue weighted by Gasteiger charge is 2.37. The molecule has 0 spiro atoms. The smallest absolute Gasteiger partial charge is 0.326 e. The Morgan fingerprint density at radius 1 is 1.35 bits per heavy atom. The second-order valence-electron chi connectivity index (χ2n) is 5.23. The van der Waals surface area contributed by atoms with E-state index in [0.717, 1.165) is 19.3 Å². The fraction of sp³-hybridized carbons (Fsp3) is 0.467. The van der Waals surface area contributed by atoms with E-state index in [1.54, 1.807) is 0 Å². The lowest BCUT2D eigenvalue weighted by Gasteiger charge is -2.14. The Bertz CT molecular complexity index is 498. The Kier molecular flexibility index (Phi) is 4.61. The van der Waals surface area contributed by atoms with Gasteiger partial charge < -0.3 is 15.7 Å². The lowest BCUT2D eigenvalue weighted by atomic mass is 10.1. The van der Waals surface area contributed by atoms with Crippen LogP contribution < -0.4 is 10.6 Å². The monoisotopic (exact) mass is 276 g/mol. The quantitative estimate of drug-likeness (QED) is 0.740. The molecule has 1 unspecified atom stereocenters. The summed E-state index contributed by atoms with van der Waals surface area (Å²) in [6.07, 6.45) is 2.49. The number of carboxylic acids is 1. The fourth-order valence-electron chi connectivity index (χ4n) is 2.20. The molecule has 0 bridgehead atoms. The number of carbonyl (C=O) groups is 2. The summed E-state index contributed by atoms with van der Waals surface area (Å²) in [4.78, 5) is 22.7. The highest BCUT2D eigenvalue weighted by molar-refractivity contribution is 5.83. The lowest BCUT2D eigenvalue weighted by Crippen LogP contribution is -2.47. The topological polar surface area (TPSA) is 78.4 Å². The number of nitrogens with one attached hydrogen (secondary N) is 2. The van der Waals surface area contributed by atoms with Gasteiger partial charge in [-0.1, -0.05) is 24.3 Å². The average molecular weight is 276 g/mol.